The van der Waals surface area contributed by atoms with Gasteiger partial charge in [-0.05, 0) is 30.3 Å². The molecule has 0 aliphatic carbocycles. The molecule has 0 spiro atoms. The highest BCUT2D eigenvalue weighted by molar-refractivity contribution is 7.14. The Balaban J connectivity index is 2.30. The van der Waals surface area contributed by atoms with E-state index in [1.165, 1.54) is 28.7 Å². The number of hydrogen-bond donors (Lipinski definition) is 1. The van der Waals surface area contributed by atoms with E-state index in [0.717, 1.165) is 4.70 Å². The van der Waals surface area contributed by atoms with Crippen LogP contribution in [0.1, 0.15) is 10.4 Å². The van der Waals surface area contributed by atoms with E-state index in [4.69, 9.17) is 4.74 Å². The summed E-state index contributed by atoms with van der Waals surface area (Å²) >= 11 is 1.22. The molecule has 3 rings (SSSR count). The molecule has 0 saturated heterocycles. The van der Waals surface area contributed by atoms with Gasteiger partial charge in [-0.2, -0.15) is 0 Å². The van der Waals surface area contributed by atoms with Gasteiger partial charge < -0.3 is 9.84 Å². The zero-order valence-corrected chi connectivity index (χ0v) is 11.9. The van der Waals surface area contributed by atoms with E-state index in [2.05, 4.69) is 0 Å². The number of benzene rings is 2. The third kappa shape index (κ3) is 2.19. The molecule has 0 atom stereocenters. The molecule has 1 N–H and O–H groups in total. The smallest absolute Gasteiger partial charge is 0.338 e. The van der Waals surface area contributed by atoms with E-state index < -0.39 is 5.97 Å². The average molecular weight is 301 g/mol. The molecular weight excluding hydrogens is 290 g/mol. The summed E-state index contributed by atoms with van der Waals surface area (Å²) in [6.45, 7) is 0. The minimum absolute atomic E-state index is 0.0306. The Morgan fingerprint density at radius 2 is 2.00 bits per heavy atom. The summed E-state index contributed by atoms with van der Waals surface area (Å²) in [5, 5.41) is 9.92. The van der Waals surface area contributed by atoms with Crippen LogP contribution in [0.25, 0.3) is 15.8 Å². The number of fused-ring (bicyclic) bond motifs is 1. The van der Waals surface area contributed by atoms with E-state index in [1.807, 2.05) is 12.1 Å². The molecule has 3 aromatic rings. The monoisotopic (exact) mass is 301 g/mol. The largest absolute Gasteiger partial charge is 0.497 e. The molecule has 5 nitrogen and oxygen atoms in total. The normalized spacial score (nSPS) is 10.7. The first-order valence-corrected chi connectivity index (χ1v) is 6.92. The fraction of sp³-hybridized carbons (Fsp3) is 0.0667. The number of methoxy groups -OCH3 is 1. The van der Waals surface area contributed by atoms with Crippen molar-refractivity contribution in [3.63, 3.8) is 0 Å². The predicted octanol–water partition coefficient (Wildman–Crippen LogP) is 2.76. The Labute approximate surface area is 123 Å². The molecule has 0 aliphatic heterocycles. The average Bonchev–Trinajstić information content (AvgIpc) is 2.84. The van der Waals surface area contributed by atoms with Crippen LogP contribution < -0.4 is 10.3 Å². The van der Waals surface area contributed by atoms with Crippen LogP contribution in [0.5, 0.6) is 5.75 Å². The second kappa shape index (κ2) is 5.06. The molecule has 0 fully saturated rings. The van der Waals surface area contributed by atoms with Crippen LogP contribution >= 0.6 is 11.5 Å². The van der Waals surface area contributed by atoms with Crippen LogP contribution in [-0.2, 0) is 0 Å². The summed E-state index contributed by atoms with van der Waals surface area (Å²) in [4.78, 5) is 23.8. The number of aromatic nitrogens is 1. The van der Waals surface area contributed by atoms with Crippen molar-refractivity contribution in [3.8, 4) is 11.4 Å². The van der Waals surface area contributed by atoms with Gasteiger partial charge in [0.05, 0.1) is 28.4 Å². The molecule has 0 saturated carbocycles. The first-order chi connectivity index (χ1) is 10.1. The van der Waals surface area contributed by atoms with Crippen molar-refractivity contribution in [2.24, 2.45) is 0 Å². The van der Waals surface area contributed by atoms with Crippen molar-refractivity contribution >= 4 is 27.6 Å². The van der Waals surface area contributed by atoms with Gasteiger partial charge in [-0.3, -0.25) is 4.79 Å². The summed E-state index contributed by atoms with van der Waals surface area (Å²) in [5.74, 6) is -0.668. The van der Waals surface area contributed by atoms with Gasteiger partial charge in [-0.25, -0.2) is 8.75 Å². The number of hydrogen-bond acceptors (Lipinski definition) is 4. The lowest BCUT2D eigenvalue weighted by Crippen LogP contribution is -2.14. The summed E-state index contributed by atoms with van der Waals surface area (Å²) in [7, 11) is 1.46. The number of carbonyl (C=O) groups is 1. The molecule has 2 aromatic carbocycles. The fourth-order valence-corrected chi connectivity index (χ4v) is 3.15. The van der Waals surface area contributed by atoms with Crippen molar-refractivity contribution < 1.29 is 14.6 Å². The lowest BCUT2D eigenvalue weighted by atomic mass is 10.1. The molecule has 1 heterocycles. The van der Waals surface area contributed by atoms with Gasteiger partial charge in [0.2, 0.25) is 0 Å². The third-order valence-corrected chi connectivity index (χ3v) is 4.24. The maximum absolute atomic E-state index is 12.4. The molecule has 0 unspecified atom stereocenters. The van der Waals surface area contributed by atoms with Crippen molar-refractivity contribution in [2.75, 3.05) is 7.11 Å². The zero-order valence-electron chi connectivity index (χ0n) is 11.1. The second-order valence-corrected chi connectivity index (χ2v) is 5.36. The van der Waals surface area contributed by atoms with E-state index in [-0.39, 0.29) is 11.1 Å². The predicted molar refractivity (Wildman–Crippen MR) is 80.9 cm³/mol. The lowest BCUT2D eigenvalue weighted by Gasteiger charge is -2.07. The minimum atomic E-state index is -1.10. The van der Waals surface area contributed by atoms with Gasteiger partial charge >= 0.3 is 5.97 Å². The van der Waals surface area contributed by atoms with E-state index in [0.29, 0.717) is 16.8 Å². The number of carboxylic acids is 1. The Hall–Kier alpha value is -2.60. The van der Waals surface area contributed by atoms with Gasteiger partial charge in [-0.1, -0.05) is 23.7 Å². The quantitative estimate of drug-likeness (QED) is 0.807. The fourth-order valence-electron chi connectivity index (χ4n) is 2.12. The van der Waals surface area contributed by atoms with Crippen molar-refractivity contribution in [1.29, 1.82) is 0 Å². The lowest BCUT2D eigenvalue weighted by molar-refractivity contribution is 0.0696. The maximum atomic E-state index is 12.4. The molecule has 0 aliphatic rings. The third-order valence-electron chi connectivity index (χ3n) is 3.14. The van der Waals surface area contributed by atoms with Crippen LogP contribution in [0, 0.1) is 0 Å². The van der Waals surface area contributed by atoms with Gasteiger partial charge in [0.1, 0.15) is 5.75 Å². The van der Waals surface area contributed by atoms with Crippen LogP contribution in [-0.4, -0.2) is 22.1 Å². The summed E-state index contributed by atoms with van der Waals surface area (Å²) < 4.78 is 7.25. The Bertz CT molecular complexity index is 894. The molecule has 0 amide bonds. The van der Waals surface area contributed by atoms with Crippen LogP contribution in [0.4, 0.5) is 0 Å². The Morgan fingerprint density at radius 1 is 1.24 bits per heavy atom. The first kappa shape index (κ1) is 13.4. The minimum Gasteiger partial charge on any atom is -0.497 e. The topological polar surface area (TPSA) is 68.5 Å². The van der Waals surface area contributed by atoms with Crippen molar-refractivity contribution in [2.45, 2.75) is 0 Å². The van der Waals surface area contributed by atoms with Gasteiger partial charge in [0.15, 0.2) is 0 Å². The van der Waals surface area contributed by atoms with Crippen molar-refractivity contribution in [3.05, 3.63) is 58.4 Å². The zero-order chi connectivity index (χ0) is 15.0. The molecule has 6 heteroatoms. The summed E-state index contributed by atoms with van der Waals surface area (Å²) in [6, 6.07) is 11.8. The standard InChI is InChI=1S/C15H11NO4S/c1-20-9-6-7-12(11(8-9)15(18)19)16-14(17)10-4-2-3-5-13(10)21-16/h2-8H,1H3,(H,18,19). The summed E-state index contributed by atoms with van der Waals surface area (Å²) in [6.07, 6.45) is 0. The SMILES string of the molecule is COc1ccc(-n2sc3ccccc3c2=O)c(C(=O)O)c1. The number of ether oxygens (including phenoxy) is 1. The van der Waals surface area contributed by atoms with Crippen LogP contribution in [0.15, 0.2) is 47.3 Å². The maximum Gasteiger partial charge on any atom is 0.338 e. The summed E-state index contributed by atoms with van der Waals surface area (Å²) in [5.41, 5.74) is 0.153. The first-order valence-electron chi connectivity index (χ1n) is 6.14. The van der Waals surface area contributed by atoms with E-state index in [1.54, 1.807) is 24.3 Å². The van der Waals surface area contributed by atoms with Gasteiger partial charge in [-0.15, -0.1) is 0 Å². The van der Waals surface area contributed by atoms with E-state index >= 15 is 0 Å². The van der Waals surface area contributed by atoms with E-state index in [9.17, 15) is 14.7 Å². The molecule has 0 radical (unpaired) electrons. The Morgan fingerprint density at radius 3 is 2.67 bits per heavy atom. The van der Waals surface area contributed by atoms with Gasteiger partial charge in [0, 0.05) is 0 Å². The molecule has 1 aromatic heterocycles. The number of aromatic carboxylic acids is 1. The highest BCUT2D eigenvalue weighted by atomic mass is 32.1. The number of carboxylic acid groups (broad SMARTS) is 1. The molecule has 0 bridgehead atoms. The van der Waals surface area contributed by atoms with Crippen molar-refractivity contribution in [1.82, 2.24) is 3.96 Å². The highest BCUT2D eigenvalue weighted by Gasteiger charge is 2.17. The second-order valence-electron chi connectivity index (χ2n) is 4.38. The van der Waals surface area contributed by atoms with Crippen LogP contribution in [0.3, 0.4) is 0 Å². The number of rotatable bonds is 3. The molecular formula is C15H11NO4S. The Kier molecular flexibility index (Phi) is 3.23. The highest BCUT2D eigenvalue weighted by Crippen LogP contribution is 2.25. The molecule has 21 heavy (non-hydrogen) atoms. The van der Waals surface area contributed by atoms with Crippen LogP contribution in [0.2, 0.25) is 0 Å². The van der Waals surface area contributed by atoms with Gasteiger partial charge in [0.25, 0.3) is 5.56 Å². The molecule has 106 valence electrons. The number of nitrogens with zero attached hydrogens (tertiary/aromatic N) is 1.